The second-order valence-corrected chi connectivity index (χ2v) is 8.65. The number of rotatable bonds is 7. The quantitative estimate of drug-likeness (QED) is 0.572. The second-order valence-electron chi connectivity index (χ2n) is 8.65. The van der Waals surface area contributed by atoms with Crippen molar-refractivity contribution >= 4 is 22.9 Å². The van der Waals surface area contributed by atoms with E-state index in [-0.39, 0.29) is 6.10 Å². The molecule has 1 fully saturated rings. The summed E-state index contributed by atoms with van der Waals surface area (Å²) in [4.78, 5) is 14.4. The Morgan fingerprint density at radius 3 is 2.42 bits per heavy atom. The molecule has 1 N–H and O–H groups in total. The van der Waals surface area contributed by atoms with Crippen molar-refractivity contribution in [3.8, 4) is 5.75 Å². The van der Waals surface area contributed by atoms with Crippen LogP contribution in [-0.4, -0.2) is 53.6 Å². The molecule has 0 radical (unpaired) electrons. The van der Waals surface area contributed by atoms with Gasteiger partial charge >= 0.3 is 5.97 Å². The highest BCUT2D eigenvalue weighted by Gasteiger charge is 2.37. The molecule has 1 unspecified atom stereocenters. The zero-order valence-electron chi connectivity index (χ0n) is 20.2. The Hall–Kier alpha value is -3.08. The largest absolute Gasteiger partial charge is 0.485 e. The topological polar surface area (TPSA) is 52.8 Å². The molecule has 1 aliphatic carbocycles. The number of ether oxygens (including phenoxy) is 1. The van der Waals surface area contributed by atoms with Crippen LogP contribution < -0.4 is 9.64 Å². The van der Waals surface area contributed by atoms with Gasteiger partial charge in [-0.2, -0.15) is 0 Å². The lowest BCUT2D eigenvalue weighted by atomic mass is 9.79. The van der Waals surface area contributed by atoms with Crippen LogP contribution in [0.2, 0.25) is 0 Å². The van der Waals surface area contributed by atoms with Gasteiger partial charge in [0.1, 0.15) is 24.9 Å². The Labute approximate surface area is 197 Å². The van der Waals surface area contributed by atoms with Crippen molar-refractivity contribution in [1.29, 1.82) is 0 Å². The first kappa shape index (κ1) is 23.1. The highest BCUT2D eigenvalue weighted by atomic mass is 16.5. The molecule has 0 spiro atoms. The van der Waals surface area contributed by atoms with E-state index in [1.807, 2.05) is 12.1 Å². The number of anilines is 1. The van der Waals surface area contributed by atoms with E-state index >= 15 is 0 Å². The lowest BCUT2D eigenvalue weighted by Crippen LogP contribution is -2.36. The highest BCUT2D eigenvalue weighted by molar-refractivity contribution is 6.00. The predicted molar refractivity (Wildman–Crippen MR) is 134 cm³/mol. The Kier molecular flexibility index (Phi) is 6.87. The monoisotopic (exact) mass is 447 g/mol. The molecule has 0 amide bonds. The van der Waals surface area contributed by atoms with E-state index in [1.165, 1.54) is 11.3 Å². The maximum absolute atomic E-state index is 12.1. The fraction of sp³-hybridized carbons (Fsp3) is 0.429. The Balaban J connectivity index is 1.90. The maximum Gasteiger partial charge on any atom is 0.336 e. The van der Waals surface area contributed by atoms with Crippen molar-refractivity contribution in [2.75, 3.05) is 31.1 Å². The first-order valence-corrected chi connectivity index (χ1v) is 12.2. The van der Waals surface area contributed by atoms with E-state index < -0.39 is 5.97 Å². The van der Waals surface area contributed by atoms with Crippen LogP contribution in [0, 0.1) is 0 Å². The van der Waals surface area contributed by atoms with Gasteiger partial charge in [-0.05, 0) is 69.0 Å². The number of hydrogen-bond donors (Lipinski definition) is 1. The Morgan fingerprint density at radius 2 is 1.76 bits per heavy atom. The average Bonchev–Trinajstić information content (AvgIpc) is 2.84. The van der Waals surface area contributed by atoms with Gasteiger partial charge in [-0.3, -0.25) is 0 Å². The van der Waals surface area contributed by atoms with Crippen LogP contribution in [0.1, 0.15) is 68.4 Å². The number of carboxylic acids is 1. The van der Waals surface area contributed by atoms with Crippen molar-refractivity contribution in [3.05, 3.63) is 64.7 Å². The Morgan fingerprint density at radius 1 is 1.03 bits per heavy atom. The molecule has 5 heteroatoms. The van der Waals surface area contributed by atoms with Gasteiger partial charge in [0.15, 0.2) is 5.71 Å². The van der Waals surface area contributed by atoms with Gasteiger partial charge in [-0.25, -0.2) is 9.37 Å². The molecule has 5 nitrogen and oxygen atoms in total. The van der Waals surface area contributed by atoms with Crippen LogP contribution in [0.5, 0.6) is 5.75 Å². The lowest BCUT2D eigenvalue weighted by molar-refractivity contribution is -0.523. The number of carbonyl (C=O) groups is 1. The first-order chi connectivity index (χ1) is 16.0. The zero-order chi connectivity index (χ0) is 23.5. The van der Waals surface area contributed by atoms with Crippen LogP contribution in [0.4, 0.5) is 5.69 Å². The van der Waals surface area contributed by atoms with Crippen LogP contribution >= 0.6 is 0 Å². The van der Waals surface area contributed by atoms with Gasteiger partial charge in [0.05, 0.1) is 12.0 Å². The second kappa shape index (κ2) is 9.82. The lowest BCUT2D eigenvalue weighted by Gasteiger charge is -2.35. The van der Waals surface area contributed by atoms with Crippen LogP contribution in [0.15, 0.2) is 48.0 Å². The minimum absolute atomic E-state index is 0.0642. The summed E-state index contributed by atoms with van der Waals surface area (Å²) in [6.45, 7) is 12.5. The van der Waals surface area contributed by atoms with Crippen molar-refractivity contribution in [2.45, 2.75) is 53.1 Å². The van der Waals surface area contributed by atoms with E-state index in [9.17, 15) is 9.90 Å². The first-order valence-electron chi connectivity index (χ1n) is 12.2. The summed E-state index contributed by atoms with van der Waals surface area (Å²) in [5, 5.41) is 9.93. The molecular formula is C28H35N2O3+. The SMILES string of the molecule is CCN(CC)c1ccc2c(c1)OC1CC(=[N+](CC)CC)CCC1=C2c1ccccc1C(=O)O. The van der Waals surface area contributed by atoms with E-state index in [2.05, 4.69) is 55.4 Å². The van der Waals surface area contributed by atoms with Crippen LogP contribution in [0.25, 0.3) is 5.57 Å². The number of hydrogen-bond acceptors (Lipinski definition) is 3. The van der Waals surface area contributed by atoms with Crippen molar-refractivity contribution in [2.24, 2.45) is 0 Å². The molecule has 4 rings (SSSR count). The molecule has 1 atom stereocenters. The predicted octanol–water partition coefficient (Wildman–Crippen LogP) is 5.47. The molecule has 174 valence electrons. The molecule has 1 saturated carbocycles. The van der Waals surface area contributed by atoms with Crippen molar-refractivity contribution in [1.82, 2.24) is 0 Å². The molecular weight excluding hydrogens is 412 g/mol. The minimum atomic E-state index is -0.894. The third-order valence-electron chi connectivity index (χ3n) is 7.08. The standard InChI is InChI=1S/C28H34N2O3/c1-5-29(6-2)19-13-15-23-25(17-19)33-26-18-20(30(7-3)8-4)14-16-24(26)27(23)21-11-9-10-12-22(21)28(31)32/h9-13,15,17,26H,5-8,14,16,18H2,1-4H3/p+1. The van der Waals surface area contributed by atoms with Crippen molar-refractivity contribution in [3.63, 3.8) is 0 Å². The molecule has 2 aromatic rings. The maximum atomic E-state index is 12.1. The molecule has 1 heterocycles. The van der Waals surface area contributed by atoms with E-state index in [4.69, 9.17) is 4.74 Å². The number of fused-ring (bicyclic) bond motifs is 2. The summed E-state index contributed by atoms with van der Waals surface area (Å²) in [5.74, 6) is -0.0432. The summed E-state index contributed by atoms with van der Waals surface area (Å²) in [5.41, 5.74) is 6.97. The molecule has 0 aromatic heterocycles. The summed E-state index contributed by atoms with van der Waals surface area (Å²) in [7, 11) is 0. The average molecular weight is 448 g/mol. The fourth-order valence-corrected chi connectivity index (χ4v) is 5.37. The summed E-state index contributed by atoms with van der Waals surface area (Å²) in [6, 6.07) is 13.8. The zero-order valence-corrected chi connectivity index (χ0v) is 20.2. The smallest absolute Gasteiger partial charge is 0.336 e. The number of nitrogens with zero attached hydrogens (tertiary/aromatic N) is 2. The van der Waals surface area contributed by atoms with Crippen molar-refractivity contribution < 1.29 is 19.2 Å². The van der Waals surface area contributed by atoms with Gasteiger partial charge < -0.3 is 14.7 Å². The van der Waals surface area contributed by atoms with Crippen LogP contribution in [-0.2, 0) is 0 Å². The third-order valence-corrected chi connectivity index (χ3v) is 7.08. The summed E-state index contributed by atoms with van der Waals surface area (Å²) in [6.07, 6.45) is 2.66. The molecule has 1 aliphatic heterocycles. The highest BCUT2D eigenvalue weighted by Crippen LogP contribution is 2.46. The van der Waals surface area contributed by atoms with Gasteiger partial charge in [-0.15, -0.1) is 0 Å². The van der Waals surface area contributed by atoms with Gasteiger partial charge in [0.25, 0.3) is 0 Å². The van der Waals surface area contributed by atoms with E-state index in [1.54, 1.807) is 12.1 Å². The van der Waals surface area contributed by atoms with Gasteiger partial charge in [0.2, 0.25) is 0 Å². The van der Waals surface area contributed by atoms with Crippen LogP contribution in [0.3, 0.4) is 0 Å². The third kappa shape index (κ3) is 4.29. The minimum Gasteiger partial charge on any atom is -0.485 e. The number of aromatic carboxylic acids is 1. The molecule has 0 bridgehead atoms. The molecule has 2 aliphatic rings. The molecule has 2 aromatic carbocycles. The summed E-state index contributed by atoms with van der Waals surface area (Å²) < 4.78 is 9.10. The number of benzene rings is 2. The fourth-order valence-electron chi connectivity index (χ4n) is 5.37. The van der Waals surface area contributed by atoms with Gasteiger partial charge in [0, 0.05) is 36.8 Å². The van der Waals surface area contributed by atoms with E-state index in [0.717, 1.165) is 73.6 Å². The van der Waals surface area contributed by atoms with E-state index in [0.29, 0.717) is 5.56 Å². The molecule has 33 heavy (non-hydrogen) atoms. The summed E-state index contributed by atoms with van der Waals surface area (Å²) >= 11 is 0. The molecule has 0 saturated heterocycles. The Bertz CT molecular complexity index is 1110. The normalized spacial score (nSPS) is 17.2. The van der Waals surface area contributed by atoms with Gasteiger partial charge in [-0.1, -0.05) is 18.2 Å². The number of carboxylic acid groups (broad SMARTS) is 1.